The number of halogens is 3. The standard InChI is InChI=1S/C19H18ClF2N3O3/c1-2-9-24-14-5-3-4-6-15(14)25(19(24)27)11-17(26)23-12-7-8-16(13(20)10-12)28-18(21)22/h3-8,10,18H,2,9,11H2,1H3,(H,23,26). The van der Waals surface area contributed by atoms with Gasteiger partial charge in [-0.1, -0.05) is 30.7 Å². The summed E-state index contributed by atoms with van der Waals surface area (Å²) in [5.41, 5.74) is 1.47. The van der Waals surface area contributed by atoms with Crippen LogP contribution in [0.3, 0.4) is 0 Å². The summed E-state index contributed by atoms with van der Waals surface area (Å²) in [7, 11) is 0. The highest BCUT2D eigenvalue weighted by Gasteiger charge is 2.16. The fraction of sp³-hybridized carbons (Fsp3) is 0.263. The monoisotopic (exact) mass is 409 g/mol. The van der Waals surface area contributed by atoms with Crippen molar-refractivity contribution >= 4 is 34.2 Å². The fourth-order valence-electron chi connectivity index (χ4n) is 2.98. The summed E-state index contributed by atoms with van der Waals surface area (Å²) < 4.78 is 31.9. The number of carbonyl (C=O) groups is 1. The third-order valence-electron chi connectivity index (χ3n) is 4.11. The molecule has 1 aromatic heterocycles. The molecule has 2 aromatic carbocycles. The molecule has 3 aromatic rings. The van der Waals surface area contributed by atoms with Crippen LogP contribution in [0.1, 0.15) is 13.3 Å². The Morgan fingerprint density at radius 2 is 1.86 bits per heavy atom. The van der Waals surface area contributed by atoms with Gasteiger partial charge >= 0.3 is 12.3 Å². The first-order valence-corrected chi connectivity index (χ1v) is 9.00. The number of nitrogens with zero attached hydrogens (tertiary/aromatic N) is 2. The van der Waals surface area contributed by atoms with Gasteiger partial charge in [-0.2, -0.15) is 8.78 Å². The molecule has 0 saturated carbocycles. The highest BCUT2D eigenvalue weighted by molar-refractivity contribution is 6.32. The minimum absolute atomic E-state index is 0.0604. The van der Waals surface area contributed by atoms with Gasteiger partial charge in [-0.3, -0.25) is 13.9 Å². The number of rotatable bonds is 7. The lowest BCUT2D eigenvalue weighted by Crippen LogP contribution is -2.29. The summed E-state index contributed by atoms with van der Waals surface area (Å²) in [4.78, 5) is 25.1. The Morgan fingerprint density at radius 1 is 1.18 bits per heavy atom. The summed E-state index contributed by atoms with van der Waals surface area (Å²) in [5.74, 6) is -0.631. The Bertz CT molecular complexity index is 1060. The smallest absolute Gasteiger partial charge is 0.387 e. The van der Waals surface area contributed by atoms with Gasteiger partial charge < -0.3 is 10.1 Å². The summed E-state index contributed by atoms with van der Waals surface area (Å²) >= 11 is 5.89. The first-order valence-electron chi connectivity index (χ1n) is 8.63. The van der Waals surface area contributed by atoms with Crippen LogP contribution >= 0.6 is 11.6 Å². The Morgan fingerprint density at radius 3 is 2.46 bits per heavy atom. The quantitative estimate of drug-likeness (QED) is 0.638. The zero-order valence-corrected chi connectivity index (χ0v) is 15.7. The molecule has 148 valence electrons. The topological polar surface area (TPSA) is 65.3 Å². The van der Waals surface area contributed by atoms with E-state index in [2.05, 4.69) is 10.1 Å². The van der Waals surface area contributed by atoms with Gasteiger partial charge in [0.15, 0.2) is 0 Å². The fourth-order valence-corrected chi connectivity index (χ4v) is 3.20. The zero-order valence-electron chi connectivity index (χ0n) is 15.0. The Hall–Kier alpha value is -2.87. The van der Waals surface area contributed by atoms with E-state index in [1.807, 2.05) is 19.1 Å². The second-order valence-corrected chi connectivity index (χ2v) is 6.49. The van der Waals surface area contributed by atoms with E-state index in [-0.39, 0.29) is 23.0 Å². The lowest BCUT2D eigenvalue weighted by molar-refractivity contribution is -0.116. The molecule has 28 heavy (non-hydrogen) atoms. The summed E-state index contributed by atoms with van der Waals surface area (Å²) in [5, 5.41) is 2.55. The van der Waals surface area contributed by atoms with Crippen LogP contribution in [-0.4, -0.2) is 21.7 Å². The maximum Gasteiger partial charge on any atom is 0.387 e. The minimum Gasteiger partial charge on any atom is -0.433 e. The van der Waals surface area contributed by atoms with Crippen molar-refractivity contribution < 1.29 is 18.3 Å². The maximum absolute atomic E-state index is 12.7. The van der Waals surface area contributed by atoms with E-state index in [1.54, 1.807) is 16.7 Å². The second kappa shape index (κ2) is 8.43. The van der Waals surface area contributed by atoms with E-state index < -0.39 is 12.5 Å². The third-order valence-corrected chi connectivity index (χ3v) is 4.40. The molecule has 0 aliphatic heterocycles. The normalized spacial score (nSPS) is 11.2. The molecule has 0 aliphatic rings. The highest BCUT2D eigenvalue weighted by atomic mass is 35.5. The van der Waals surface area contributed by atoms with Crippen molar-refractivity contribution in [2.24, 2.45) is 0 Å². The molecule has 0 fully saturated rings. The molecule has 0 saturated heterocycles. The molecule has 1 heterocycles. The number of anilines is 1. The molecular weight excluding hydrogens is 392 g/mol. The number of aromatic nitrogens is 2. The van der Waals surface area contributed by atoms with Crippen LogP contribution in [0, 0.1) is 0 Å². The number of nitrogens with one attached hydrogen (secondary N) is 1. The number of imidazole rings is 1. The van der Waals surface area contributed by atoms with Gasteiger partial charge in [-0.15, -0.1) is 0 Å². The molecule has 0 bridgehead atoms. The SMILES string of the molecule is CCCn1c(=O)n(CC(=O)Nc2ccc(OC(F)F)c(Cl)c2)c2ccccc21. The van der Waals surface area contributed by atoms with Crippen molar-refractivity contribution in [2.75, 3.05) is 5.32 Å². The van der Waals surface area contributed by atoms with E-state index in [0.717, 1.165) is 11.9 Å². The molecule has 1 N–H and O–H groups in total. The van der Waals surface area contributed by atoms with Crippen LogP contribution in [0.25, 0.3) is 11.0 Å². The van der Waals surface area contributed by atoms with Crippen LogP contribution < -0.4 is 15.7 Å². The molecule has 3 rings (SSSR count). The molecule has 6 nitrogen and oxygen atoms in total. The zero-order chi connectivity index (χ0) is 20.3. The van der Waals surface area contributed by atoms with Gasteiger partial charge in [0.05, 0.1) is 16.1 Å². The lowest BCUT2D eigenvalue weighted by Gasteiger charge is -2.10. The number of carbonyl (C=O) groups excluding carboxylic acids is 1. The van der Waals surface area contributed by atoms with Crippen molar-refractivity contribution in [3.8, 4) is 5.75 Å². The highest BCUT2D eigenvalue weighted by Crippen LogP contribution is 2.29. The number of hydrogen-bond donors (Lipinski definition) is 1. The first kappa shape index (κ1) is 19.9. The van der Waals surface area contributed by atoms with Gasteiger partial charge in [-0.25, -0.2) is 4.79 Å². The number of hydrogen-bond acceptors (Lipinski definition) is 3. The first-order chi connectivity index (χ1) is 13.4. The van der Waals surface area contributed by atoms with Crippen molar-refractivity contribution in [1.82, 2.24) is 9.13 Å². The average Bonchev–Trinajstić information content (AvgIpc) is 2.90. The van der Waals surface area contributed by atoms with E-state index in [1.165, 1.54) is 22.8 Å². The minimum atomic E-state index is -3.00. The van der Waals surface area contributed by atoms with Crippen molar-refractivity contribution in [3.63, 3.8) is 0 Å². The number of alkyl halides is 2. The largest absolute Gasteiger partial charge is 0.433 e. The third kappa shape index (κ3) is 4.17. The van der Waals surface area contributed by atoms with E-state index in [4.69, 9.17) is 11.6 Å². The van der Waals surface area contributed by atoms with Gasteiger partial charge in [-0.05, 0) is 36.8 Å². The molecule has 0 unspecified atom stereocenters. The van der Waals surface area contributed by atoms with Gasteiger partial charge in [0, 0.05) is 12.2 Å². The number of aryl methyl sites for hydroxylation is 1. The number of ether oxygens (including phenoxy) is 1. The number of benzene rings is 2. The Balaban J connectivity index is 1.81. The number of para-hydroxylation sites is 2. The molecule has 0 spiro atoms. The van der Waals surface area contributed by atoms with Crippen molar-refractivity contribution in [3.05, 3.63) is 58.0 Å². The van der Waals surface area contributed by atoms with Crippen LogP contribution in [0.2, 0.25) is 5.02 Å². The Labute approximate surface area is 164 Å². The van der Waals surface area contributed by atoms with E-state index in [0.29, 0.717) is 17.7 Å². The van der Waals surface area contributed by atoms with Crippen molar-refractivity contribution in [2.45, 2.75) is 33.0 Å². The maximum atomic E-state index is 12.7. The van der Waals surface area contributed by atoms with Crippen LogP contribution in [0.5, 0.6) is 5.75 Å². The predicted molar refractivity (Wildman–Crippen MR) is 103 cm³/mol. The molecule has 0 aliphatic carbocycles. The predicted octanol–water partition coefficient (Wildman–Crippen LogP) is 4.11. The average molecular weight is 410 g/mol. The van der Waals surface area contributed by atoms with Crippen molar-refractivity contribution in [1.29, 1.82) is 0 Å². The van der Waals surface area contributed by atoms with Crippen LogP contribution in [0.15, 0.2) is 47.3 Å². The molecule has 0 radical (unpaired) electrons. The van der Waals surface area contributed by atoms with Gasteiger partial charge in [0.25, 0.3) is 0 Å². The second-order valence-electron chi connectivity index (χ2n) is 6.08. The summed E-state index contributed by atoms with van der Waals surface area (Å²) in [6.07, 6.45) is 0.783. The van der Waals surface area contributed by atoms with Crippen LogP contribution in [-0.2, 0) is 17.9 Å². The van der Waals surface area contributed by atoms with Gasteiger partial charge in [0.2, 0.25) is 5.91 Å². The Kier molecular flexibility index (Phi) is 5.99. The number of fused-ring (bicyclic) bond motifs is 1. The van der Waals surface area contributed by atoms with Gasteiger partial charge in [0.1, 0.15) is 12.3 Å². The van der Waals surface area contributed by atoms with E-state index in [9.17, 15) is 18.4 Å². The molecule has 0 atom stereocenters. The molecular formula is C19H18ClF2N3O3. The molecule has 9 heteroatoms. The summed E-state index contributed by atoms with van der Waals surface area (Å²) in [6, 6.07) is 11.2. The van der Waals surface area contributed by atoms with Crippen LogP contribution in [0.4, 0.5) is 14.5 Å². The van der Waals surface area contributed by atoms with E-state index >= 15 is 0 Å². The summed E-state index contributed by atoms with van der Waals surface area (Å²) in [6.45, 7) is -0.667. The molecule has 1 amide bonds. The number of amides is 1. The lowest BCUT2D eigenvalue weighted by atomic mass is 10.3.